The van der Waals surface area contributed by atoms with Crippen molar-refractivity contribution in [3.05, 3.63) is 71.4 Å². The Morgan fingerprint density at radius 3 is 2.83 bits per heavy atom. The van der Waals surface area contributed by atoms with E-state index in [1.54, 1.807) is 11.3 Å². The fraction of sp³-hybridized carbons (Fsp3) is 0.217. The Morgan fingerprint density at radius 2 is 2.03 bits per heavy atom. The molecule has 2 aromatic carbocycles. The van der Waals surface area contributed by atoms with Gasteiger partial charge in [0.05, 0.1) is 24.8 Å². The number of hydrogen-bond acceptors (Lipinski definition) is 5. The average molecular weight is 407 g/mol. The SMILES string of the molecule is CCOc1cccc2cc(C(C)NC(=O)Cc3csc(-c4ccccc4)n3)oc12. The van der Waals surface area contributed by atoms with Crippen molar-refractivity contribution in [3.63, 3.8) is 0 Å². The zero-order chi connectivity index (χ0) is 20.2. The summed E-state index contributed by atoms with van der Waals surface area (Å²) in [6.45, 7) is 4.42. The number of nitrogens with zero attached hydrogens (tertiary/aromatic N) is 1. The number of fused-ring (bicyclic) bond motifs is 1. The molecular formula is C23H22N2O3S. The smallest absolute Gasteiger partial charge is 0.226 e. The van der Waals surface area contributed by atoms with Crippen molar-refractivity contribution in [1.82, 2.24) is 10.3 Å². The van der Waals surface area contributed by atoms with E-state index >= 15 is 0 Å². The third-order valence-corrected chi connectivity index (χ3v) is 5.49. The number of furan rings is 1. The van der Waals surface area contributed by atoms with Gasteiger partial charge >= 0.3 is 0 Å². The van der Waals surface area contributed by atoms with Gasteiger partial charge < -0.3 is 14.5 Å². The molecule has 1 atom stereocenters. The maximum Gasteiger partial charge on any atom is 0.226 e. The molecule has 0 fully saturated rings. The number of carbonyl (C=O) groups is 1. The van der Waals surface area contributed by atoms with Crippen LogP contribution in [0, 0.1) is 0 Å². The van der Waals surface area contributed by atoms with Crippen LogP contribution in [0.3, 0.4) is 0 Å². The summed E-state index contributed by atoms with van der Waals surface area (Å²) >= 11 is 1.55. The molecule has 1 amide bonds. The molecule has 0 saturated carbocycles. The van der Waals surface area contributed by atoms with Gasteiger partial charge in [0.2, 0.25) is 5.91 Å². The second kappa shape index (κ2) is 8.49. The molecule has 0 bridgehead atoms. The molecule has 4 rings (SSSR count). The highest BCUT2D eigenvalue weighted by Gasteiger charge is 2.17. The molecule has 5 nitrogen and oxygen atoms in total. The van der Waals surface area contributed by atoms with Crippen LogP contribution in [0.15, 0.2) is 64.4 Å². The monoisotopic (exact) mass is 406 g/mol. The maximum atomic E-state index is 12.5. The van der Waals surface area contributed by atoms with Crippen molar-refractivity contribution >= 4 is 28.2 Å². The number of ether oxygens (including phenoxy) is 1. The summed E-state index contributed by atoms with van der Waals surface area (Å²) in [5.41, 5.74) is 2.53. The summed E-state index contributed by atoms with van der Waals surface area (Å²) in [5, 5.41) is 6.81. The minimum absolute atomic E-state index is 0.0899. The average Bonchev–Trinajstić information content (AvgIpc) is 3.36. The lowest BCUT2D eigenvalue weighted by Gasteiger charge is -2.10. The van der Waals surface area contributed by atoms with Crippen LogP contribution in [0.1, 0.15) is 31.3 Å². The van der Waals surface area contributed by atoms with Gasteiger partial charge in [-0.05, 0) is 26.0 Å². The van der Waals surface area contributed by atoms with E-state index in [2.05, 4.69) is 10.3 Å². The number of aromatic nitrogens is 1. The molecular weight excluding hydrogens is 384 g/mol. The molecule has 0 aliphatic carbocycles. The first-order valence-corrected chi connectivity index (χ1v) is 10.5. The summed E-state index contributed by atoms with van der Waals surface area (Å²) in [4.78, 5) is 17.1. The van der Waals surface area contributed by atoms with Crippen LogP contribution in [0.2, 0.25) is 0 Å². The minimum atomic E-state index is -0.253. The van der Waals surface area contributed by atoms with E-state index in [0.29, 0.717) is 23.7 Å². The van der Waals surface area contributed by atoms with Crippen molar-refractivity contribution < 1.29 is 13.9 Å². The van der Waals surface area contributed by atoms with Crippen molar-refractivity contribution in [2.24, 2.45) is 0 Å². The Hall–Kier alpha value is -3.12. The van der Waals surface area contributed by atoms with Crippen LogP contribution < -0.4 is 10.1 Å². The number of thiazole rings is 1. The predicted molar refractivity (Wildman–Crippen MR) is 115 cm³/mol. The van der Waals surface area contributed by atoms with Gasteiger partial charge in [-0.1, -0.05) is 42.5 Å². The zero-order valence-electron chi connectivity index (χ0n) is 16.3. The molecule has 0 saturated heterocycles. The minimum Gasteiger partial charge on any atom is -0.490 e. The van der Waals surface area contributed by atoms with Crippen LogP contribution >= 0.6 is 11.3 Å². The molecule has 1 unspecified atom stereocenters. The van der Waals surface area contributed by atoms with Gasteiger partial charge in [-0.25, -0.2) is 4.98 Å². The largest absolute Gasteiger partial charge is 0.490 e. The van der Waals surface area contributed by atoms with Crippen LogP contribution in [-0.2, 0) is 11.2 Å². The number of benzene rings is 2. The zero-order valence-corrected chi connectivity index (χ0v) is 17.2. The Balaban J connectivity index is 1.43. The third kappa shape index (κ3) is 4.32. The Morgan fingerprint density at radius 1 is 1.21 bits per heavy atom. The fourth-order valence-corrected chi connectivity index (χ4v) is 3.99. The van der Waals surface area contributed by atoms with Gasteiger partial charge in [-0.15, -0.1) is 11.3 Å². The van der Waals surface area contributed by atoms with E-state index < -0.39 is 0 Å². The molecule has 29 heavy (non-hydrogen) atoms. The predicted octanol–water partition coefficient (Wildman–Crippen LogP) is 5.37. The molecule has 6 heteroatoms. The van der Waals surface area contributed by atoms with Crippen molar-refractivity contribution in [2.75, 3.05) is 6.61 Å². The molecule has 4 aromatic rings. The number of carbonyl (C=O) groups excluding carboxylic acids is 1. The molecule has 2 aromatic heterocycles. The first-order valence-electron chi connectivity index (χ1n) is 9.58. The number of nitrogens with one attached hydrogen (secondary N) is 1. The summed E-state index contributed by atoms with van der Waals surface area (Å²) in [5.74, 6) is 1.32. The third-order valence-electron chi connectivity index (χ3n) is 4.55. The summed E-state index contributed by atoms with van der Waals surface area (Å²) in [6, 6.07) is 17.4. The van der Waals surface area contributed by atoms with Gasteiger partial charge in [0.15, 0.2) is 11.3 Å². The highest BCUT2D eigenvalue weighted by atomic mass is 32.1. The topological polar surface area (TPSA) is 64.4 Å². The lowest BCUT2D eigenvalue weighted by Crippen LogP contribution is -2.27. The number of amides is 1. The first-order chi connectivity index (χ1) is 14.1. The molecule has 0 aliphatic heterocycles. The second-order valence-electron chi connectivity index (χ2n) is 6.73. The van der Waals surface area contributed by atoms with E-state index in [1.165, 1.54) is 0 Å². The van der Waals surface area contributed by atoms with Crippen LogP contribution in [0.5, 0.6) is 5.75 Å². The van der Waals surface area contributed by atoms with Crippen LogP contribution in [-0.4, -0.2) is 17.5 Å². The van der Waals surface area contributed by atoms with Gasteiger partial charge in [0.25, 0.3) is 0 Å². The second-order valence-corrected chi connectivity index (χ2v) is 7.59. The van der Waals surface area contributed by atoms with Gasteiger partial charge in [-0.3, -0.25) is 4.79 Å². The van der Waals surface area contributed by atoms with E-state index in [9.17, 15) is 4.79 Å². The summed E-state index contributed by atoms with van der Waals surface area (Å²) in [6.07, 6.45) is 0.234. The quantitative estimate of drug-likeness (QED) is 0.448. The van der Waals surface area contributed by atoms with E-state index in [-0.39, 0.29) is 18.4 Å². The van der Waals surface area contributed by atoms with Gasteiger partial charge in [0, 0.05) is 16.3 Å². The van der Waals surface area contributed by atoms with Gasteiger partial charge in [-0.2, -0.15) is 0 Å². The van der Waals surface area contributed by atoms with E-state index in [4.69, 9.17) is 9.15 Å². The maximum absolute atomic E-state index is 12.5. The van der Waals surface area contributed by atoms with Crippen LogP contribution in [0.25, 0.3) is 21.5 Å². The van der Waals surface area contributed by atoms with E-state index in [1.807, 2.05) is 73.8 Å². The number of para-hydroxylation sites is 1. The summed E-state index contributed by atoms with van der Waals surface area (Å²) in [7, 11) is 0. The molecule has 1 N–H and O–H groups in total. The van der Waals surface area contributed by atoms with Gasteiger partial charge in [0.1, 0.15) is 10.8 Å². The molecule has 0 radical (unpaired) electrons. The van der Waals surface area contributed by atoms with Crippen molar-refractivity contribution in [3.8, 4) is 16.3 Å². The molecule has 148 valence electrons. The normalized spacial score (nSPS) is 12.1. The Kier molecular flexibility index (Phi) is 5.62. The Labute approximate surface area is 173 Å². The van der Waals surface area contributed by atoms with Crippen molar-refractivity contribution in [2.45, 2.75) is 26.3 Å². The lowest BCUT2D eigenvalue weighted by atomic mass is 10.2. The van der Waals surface area contributed by atoms with Crippen molar-refractivity contribution in [1.29, 1.82) is 0 Å². The summed E-state index contributed by atoms with van der Waals surface area (Å²) < 4.78 is 11.6. The fourth-order valence-electron chi connectivity index (χ4n) is 3.17. The number of rotatable bonds is 7. The van der Waals surface area contributed by atoms with Crippen LogP contribution in [0.4, 0.5) is 0 Å². The highest BCUT2D eigenvalue weighted by Crippen LogP contribution is 2.31. The lowest BCUT2D eigenvalue weighted by molar-refractivity contribution is -0.121. The van der Waals surface area contributed by atoms with E-state index in [0.717, 1.165) is 21.7 Å². The molecule has 2 heterocycles. The number of hydrogen-bond donors (Lipinski definition) is 1. The molecule has 0 spiro atoms. The highest BCUT2D eigenvalue weighted by molar-refractivity contribution is 7.13. The standard InChI is InChI=1S/C23H22N2O3S/c1-3-27-19-11-7-10-17-12-20(28-22(17)19)15(2)24-21(26)13-18-14-29-23(25-18)16-8-5-4-6-9-16/h4-12,14-15H,3,13H2,1-2H3,(H,24,26). The molecule has 0 aliphatic rings. The first kappa shape index (κ1) is 19.2. The Bertz CT molecular complexity index is 1120.